The largest absolute Gasteiger partial charge is 0.454 e. The molecule has 0 spiro atoms. The van der Waals surface area contributed by atoms with Gasteiger partial charge in [0.05, 0.1) is 11.4 Å². The van der Waals surface area contributed by atoms with Gasteiger partial charge in [-0.05, 0) is 85.2 Å². The number of benzene rings is 9. The maximum absolute atomic E-state index is 6.86. The second kappa shape index (κ2) is 10.6. The Morgan fingerprint density at radius 2 is 0.958 bits per heavy atom. The first-order chi connectivity index (χ1) is 23.8. The third kappa shape index (κ3) is 4.13. The van der Waals surface area contributed by atoms with E-state index in [0.29, 0.717) is 0 Å². The minimum Gasteiger partial charge on any atom is -0.454 e. The van der Waals surface area contributed by atoms with Crippen LogP contribution in [-0.2, 0) is 0 Å². The van der Waals surface area contributed by atoms with E-state index in [1.165, 1.54) is 48.7 Å². The maximum Gasteiger partial charge on any atom is 0.159 e. The van der Waals surface area contributed by atoms with Crippen LogP contribution in [-0.4, -0.2) is 0 Å². The zero-order valence-corrected chi connectivity index (χ0v) is 26.1. The summed E-state index contributed by atoms with van der Waals surface area (Å²) >= 11 is 0. The van der Waals surface area contributed by atoms with Crippen LogP contribution in [0.2, 0.25) is 0 Å². The Balaban J connectivity index is 1.33. The summed E-state index contributed by atoms with van der Waals surface area (Å²) in [6.07, 6.45) is 0. The summed E-state index contributed by atoms with van der Waals surface area (Å²) < 4.78 is 6.86. The molecule has 9 aromatic carbocycles. The second-order valence-corrected chi connectivity index (χ2v) is 12.5. The van der Waals surface area contributed by atoms with E-state index in [2.05, 4.69) is 181 Å². The smallest absolute Gasteiger partial charge is 0.159 e. The molecule has 2 nitrogen and oxygen atoms in total. The van der Waals surface area contributed by atoms with E-state index in [9.17, 15) is 0 Å². The molecule has 0 aliphatic rings. The van der Waals surface area contributed by atoms with Crippen molar-refractivity contribution >= 4 is 82.1 Å². The number of para-hydroxylation sites is 1. The molecule has 1 aromatic heterocycles. The minimum atomic E-state index is 0.870. The van der Waals surface area contributed by atoms with Gasteiger partial charge < -0.3 is 9.32 Å². The number of fused-ring (bicyclic) bond motifs is 9. The predicted molar refractivity (Wildman–Crippen MR) is 204 cm³/mol. The number of hydrogen-bond acceptors (Lipinski definition) is 2. The number of anilines is 3. The van der Waals surface area contributed by atoms with E-state index in [0.717, 1.165) is 44.6 Å². The lowest BCUT2D eigenvalue weighted by atomic mass is 9.94. The molecule has 0 aliphatic heterocycles. The molecular weight excluding hydrogens is 583 g/mol. The molecule has 0 unspecified atom stereocenters. The minimum absolute atomic E-state index is 0.870. The van der Waals surface area contributed by atoms with Crippen LogP contribution in [0.1, 0.15) is 0 Å². The van der Waals surface area contributed by atoms with Crippen LogP contribution in [0, 0.1) is 0 Å². The van der Waals surface area contributed by atoms with E-state index in [-0.39, 0.29) is 0 Å². The fraction of sp³-hybridized carbons (Fsp3) is 0. The number of nitrogens with zero attached hydrogens (tertiary/aromatic N) is 1. The van der Waals surface area contributed by atoms with Gasteiger partial charge in [0.2, 0.25) is 0 Å². The molecule has 0 bridgehead atoms. The fourth-order valence-electron chi connectivity index (χ4n) is 7.55. The van der Waals surface area contributed by atoms with Gasteiger partial charge in [-0.15, -0.1) is 0 Å². The number of hydrogen-bond donors (Lipinski definition) is 0. The number of furan rings is 1. The van der Waals surface area contributed by atoms with Crippen LogP contribution in [0.5, 0.6) is 0 Å². The van der Waals surface area contributed by atoms with Crippen molar-refractivity contribution in [2.45, 2.75) is 0 Å². The van der Waals surface area contributed by atoms with Crippen molar-refractivity contribution in [1.29, 1.82) is 0 Å². The van der Waals surface area contributed by atoms with Gasteiger partial charge in [-0.25, -0.2) is 0 Å². The Morgan fingerprint density at radius 1 is 0.354 bits per heavy atom. The van der Waals surface area contributed by atoms with Gasteiger partial charge in [-0.1, -0.05) is 140 Å². The van der Waals surface area contributed by atoms with E-state index < -0.39 is 0 Å². The highest BCUT2D eigenvalue weighted by Gasteiger charge is 2.23. The van der Waals surface area contributed by atoms with Gasteiger partial charge in [0, 0.05) is 21.8 Å². The zero-order valence-electron chi connectivity index (χ0n) is 26.1. The molecule has 1 heterocycles. The van der Waals surface area contributed by atoms with E-state index in [4.69, 9.17) is 4.42 Å². The average molecular weight is 612 g/mol. The van der Waals surface area contributed by atoms with Crippen LogP contribution in [0.3, 0.4) is 0 Å². The van der Waals surface area contributed by atoms with Crippen LogP contribution in [0.15, 0.2) is 180 Å². The maximum atomic E-state index is 6.86. The normalized spacial score (nSPS) is 11.8. The SMILES string of the molecule is c1ccc(-c2cccc(N(c3cccc4c3oc3cc5ccccc5cc34)c3cccc4ccc5ccc6ccccc6c5c34)c2)cc1. The van der Waals surface area contributed by atoms with Crippen molar-refractivity contribution in [2.24, 2.45) is 0 Å². The van der Waals surface area contributed by atoms with Crippen molar-refractivity contribution < 1.29 is 4.42 Å². The fourth-order valence-corrected chi connectivity index (χ4v) is 7.55. The lowest BCUT2D eigenvalue weighted by Crippen LogP contribution is -2.11. The first kappa shape index (κ1) is 26.8. The first-order valence-corrected chi connectivity index (χ1v) is 16.4. The molecule has 224 valence electrons. The summed E-state index contributed by atoms with van der Waals surface area (Å²) in [5.74, 6) is 0. The molecule has 0 aliphatic carbocycles. The zero-order chi connectivity index (χ0) is 31.6. The Labute approximate surface area is 277 Å². The molecule has 0 radical (unpaired) electrons. The predicted octanol–water partition coefficient (Wildman–Crippen LogP) is 13.3. The van der Waals surface area contributed by atoms with Gasteiger partial charge >= 0.3 is 0 Å². The summed E-state index contributed by atoms with van der Waals surface area (Å²) in [5, 5.41) is 12.0. The lowest BCUT2D eigenvalue weighted by molar-refractivity contribution is 0.669. The molecule has 2 heteroatoms. The summed E-state index contributed by atoms with van der Waals surface area (Å²) in [5.41, 5.74) is 7.29. The Morgan fingerprint density at radius 3 is 1.81 bits per heavy atom. The topological polar surface area (TPSA) is 16.4 Å². The Bertz CT molecular complexity index is 2840. The average Bonchev–Trinajstić information content (AvgIpc) is 3.52. The third-order valence-corrected chi connectivity index (χ3v) is 9.77. The molecular formula is C46H29NO. The van der Waals surface area contributed by atoms with Crippen LogP contribution in [0.4, 0.5) is 17.1 Å². The highest BCUT2D eigenvalue weighted by molar-refractivity contribution is 6.25. The van der Waals surface area contributed by atoms with Crippen LogP contribution in [0.25, 0.3) is 76.2 Å². The van der Waals surface area contributed by atoms with Crippen molar-refractivity contribution in [3.63, 3.8) is 0 Å². The molecule has 48 heavy (non-hydrogen) atoms. The second-order valence-electron chi connectivity index (χ2n) is 12.5. The lowest BCUT2D eigenvalue weighted by Gasteiger charge is -2.28. The van der Waals surface area contributed by atoms with Crippen LogP contribution >= 0.6 is 0 Å². The molecule has 10 aromatic rings. The summed E-state index contributed by atoms with van der Waals surface area (Å²) in [7, 11) is 0. The summed E-state index contributed by atoms with van der Waals surface area (Å²) in [6.45, 7) is 0. The Hall–Kier alpha value is -6.38. The van der Waals surface area contributed by atoms with E-state index >= 15 is 0 Å². The standard InChI is InChI=1S/C46H29NO/c1-2-11-30(12-3-1)34-17-8-18-37(27-34)47(42-22-10-20-39-40-28-35-14-4-5-15-36(35)29-43(40)48-46(39)42)41-21-9-16-32-25-26-33-24-23-31-13-6-7-19-38(31)44(33)45(32)41/h1-29H. The first-order valence-electron chi connectivity index (χ1n) is 16.4. The quantitative estimate of drug-likeness (QED) is 0.184. The monoisotopic (exact) mass is 611 g/mol. The molecule has 0 saturated heterocycles. The van der Waals surface area contributed by atoms with Crippen LogP contribution < -0.4 is 4.90 Å². The molecule has 0 atom stereocenters. The third-order valence-electron chi connectivity index (χ3n) is 9.77. The van der Waals surface area contributed by atoms with Crippen molar-refractivity contribution in [2.75, 3.05) is 4.90 Å². The number of rotatable bonds is 4. The molecule has 0 fully saturated rings. The van der Waals surface area contributed by atoms with Gasteiger partial charge in [0.25, 0.3) is 0 Å². The van der Waals surface area contributed by atoms with Crippen molar-refractivity contribution in [3.8, 4) is 11.1 Å². The van der Waals surface area contributed by atoms with Gasteiger partial charge in [-0.2, -0.15) is 0 Å². The Kier molecular flexibility index (Phi) is 5.91. The molecule has 0 amide bonds. The highest BCUT2D eigenvalue weighted by Crippen LogP contribution is 2.47. The van der Waals surface area contributed by atoms with Gasteiger partial charge in [-0.3, -0.25) is 0 Å². The van der Waals surface area contributed by atoms with Crippen molar-refractivity contribution in [1.82, 2.24) is 0 Å². The molecule has 10 rings (SSSR count). The summed E-state index contributed by atoms with van der Waals surface area (Å²) in [4.78, 5) is 2.40. The molecule has 0 N–H and O–H groups in total. The van der Waals surface area contributed by atoms with Gasteiger partial charge in [0.1, 0.15) is 5.58 Å². The van der Waals surface area contributed by atoms with E-state index in [1.807, 2.05) is 0 Å². The summed E-state index contributed by atoms with van der Waals surface area (Å²) in [6, 6.07) is 63.3. The van der Waals surface area contributed by atoms with E-state index in [1.54, 1.807) is 0 Å². The van der Waals surface area contributed by atoms with Gasteiger partial charge in [0.15, 0.2) is 5.58 Å². The highest BCUT2D eigenvalue weighted by atomic mass is 16.3. The van der Waals surface area contributed by atoms with Crippen molar-refractivity contribution in [3.05, 3.63) is 176 Å². The molecule has 0 saturated carbocycles.